The van der Waals surface area contributed by atoms with Crippen LogP contribution in [0.4, 0.5) is 5.69 Å². The smallest absolute Gasteiger partial charge is 0.273 e. The molecule has 2 aromatic rings. The Morgan fingerprint density at radius 2 is 1.80 bits per heavy atom. The van der Waals surface area contributed by atoms with E-state index in [1.807, 2.05) is 18.2 Å². The third kappa shape index (κ3) is 5.42. The van der Waals surface area contributed by atoms with Gasteiger partial charge >= 0.3 is 0 Å². The Morgan fingerprint density at radius 1 is 1.10 bits per heavy atom. The van der Waals surface area contributed by atoms with Crippen molar-refractivity contribution in [3.05, 3.63) is 75.3 Å². The van der Waals surface area contributed by atoms with Crippen LogP contribution in [-0.4, -0.2) is 47.8 Å². The predicted octanol–water partition coefficient (Wildman–Crippen LogP) is 2.59. The minimum atomic E-state index is -0.527. The van der Waals surface area contributed by atoms with Gasteiger partial charge in [0.2, 0.25) is 5.91 Å². The fraction of sp³-hybridized carbons (Fsp3) is 0.364. The molecule has 8 nitrogen and oxygen atoms in total. The zero-order chi connectivity index (χ0) is 21.5. The SMILES string of the molecule is Cc1ccc(C(=O)NCC(=O)NCC(c2ccccc2)N2CCCC2)cc1[N+](=O)[O-]. The Kier molecular flexibility index (Phi) is 7.13. The van der Waals surface area contributed by atoms with Gasteiger partial charge in [0, 0.05) is 23.7 Å². The van der Waals surface area contributed by atoms with Gasteiger partial charge in [-0.15, -0.1) is 0 Å². The Bertz CT molecular complexity index is 911. The van der Waals surface area contributed by atoms with Crippen molar-refractivity contribution in [1.82, 2.24) is 15.5 Å². The normalized spacial score (nSPS) is 14.8. The molecule has 1 saturated heterocycles. The number of nitrogens with zero attached hydrogens (tertiary/aromatic N) is 2. The number of amides is 2. The predicted molar refractivity (Wildman–Crippen MR) is 113 cm³/mol. The second-order valence-corrected chi connectivity index (χ2v) is 7.41. The average Bonchev–Trinajstić information content (AvgIpc) is 3.27. The number of hydrogen-bond donors (Lipinski definition) is 2. The summed E-state index contributed by atoms with van der Waals surface area (Å²) in [4.78, 5) is 37.5. The first-order valence-electron chi connectivity index (χ1n) is 10.0. The van der Waals surface area contributed by atoms with E-state index in [4.69, 9.17) is 0 Å². The third-order valence-electron chi connectivity index (χ3n) is 5.34. The lowest BCUT2D eigenvalue weighted by molar-refractivity contribution is -0.385. The summed E-state index contributed by atoms with van der Waals surface area (Å²) >= 11 is 0. The lowest BCUT2D eigenvalue weighted by Crippen LogP contribution is -2.41. The lowest BCUT2D eigenvalue weighted by Gasteiger charge is -2.28. The van der Waals surface area contributed by atoms with Gasteiger partial charge in [-0.1, -0.05) is 36.4 Å². The largest absolute Gasteiger partial charge is 0.353 e. The van der Waals surface area contributed by atoms with Crippen molar-refractivity contribution in [3.8, 4) is 0 Å². The molecule has 158 valence electrons. The van der Waals surface area contributed by atoms with Gasteiger partial charge in [0.05, 0.1) is 17.5 Å². The highest BCUT2D eigenvalue weighted by atomic mass is 16.6. The number of carbonyl (C=O) groups excluding carboxylic acids is 2. The molecular weight excluding hydrogens is 384 g/mol. The van der Waals surface area contributed by atoms with E-state index in [0.717, 1.165) is 31.5 Å². The summed E-state index contributed by atoms with van der Waals surface area (Å²) < 4.78 is 0. The van der Waals surface area contributed by atoms with E-state index in [9.17, 15) is 19.7 Å². The van der Waals surface area contributed by atoms with E-state index in [2.05, 4.69) is 27.7 Å². The minimum absolute atomic E-state index is 0.0908. The van der Waals surface area contributed by atoms with Crippen LogP contribution < -0.4 is 10.6 Å². The van der Waals surface area contributed by atoms with Gasteiger partial charge in [-0.25, -0.2) is 0 Å². The van der Waals surface area contributed by atoms with E-state index in [0.29, 0.717) is 12.1 Å². The second-order valence-electron chi connectivity index (χ2n) is 7.41. The van der Waals surface area contributed by atoms with Crippen molar-refractivity contribution in [1.29, 1.82) is 0 Å². The van der Waals surface area contributed by atoms with Crippen LogP contribution in [0.3, 0.4) is 0 Å². The van der Waals surface area contributed by atoms with Crippen molar-refractivity contribution in [2.75, 3.05) is 26.2 Å². The van der Waals surface area contributed by atoms with Gasteiger partial charge in [0.25, 0.3) is 11.6 Å². The Labute approximate surface area is 175 Å². The van der Waals surface area contributed by atoms with Crippen molar-refractivity contribution >= 4 is 17.5 Å². The van der Waals surface area contributed by atoms with Gasteiger partial charge < -0.3 is 10.6 Å². The van der Waals surface area contributed by atoms with Crippen molar-refractivity contribution in [2.24, 2.45) is 0 Å². The number of hydrogen-bond acceptors (Lipinski definition) is 5. The zero-order valence-corrected chi connectivity index (χ0v) is 17.0. The van der Waals surface area contributed by atoms with Gasteiger partial charge in [-0.05, 0) is 44.5 Å². The van der Waals surface area contributed by atoms with Crippen molar-refractivity contribution in [2.45, 2.75) is 25.8 Å². The van der Waals surface area contributed by atoms with Gasteiger partial charge in [-0.2, -0.15) is 0 Å². The molecule has 1 atom stereocenters. The van der Waals surface area contributed by atoms with Gasteiger partial charge in [0.1, 0.15) is 0 Å². The maximum Gasteiger partial charge on any atom is 0.273 e. The number of nitrogens with one attached hydrogen (secondary N) is 2. The number of benzene rings is 2. The second kappa shape index (κ2) is 9.98. The topological polar surface area (TPSA) is 105 Å². The summed E-state index contributed by atoms with van der Waals surface area (Å²) in [7, 11) is 0. The quantitative estimate of drug-likeness (QED) is 0.514. The van der Waals surface area contributed by atoms with Crippen molar-refractivity contribution < 1.29 is 14.5 Å². The summed E-state index contributed by atoms with van der Waals surface area (Å²) in [5.74, 6) is -0.822. The molecule has 2 N–H and O–H groups in total. The zero-order valence-electron chi connectivity index (χ0n) is 17.0. The minimum Gasteiger partial charge on any atom is -0.353 e. The van der Waals surface area contributed by atoms with E-state index in [1.165, 1.54) is 18.2 Å². The molecule has 1 aliphatic rings. The van der Waals surface area contributed by atoms with Crippen LogP contribution in [0.5, 0.6) is 0 Å². The van der Waals surface area contributed by atoms with E-state index in [1.54, 1.807) is 6.92 Å². The van der Waals surface area contributed by atoms with E-state index < -0.39 is 10.8 Å². The number of nitro benzene ring substituents is 1. The molecule has 30 heavy (non-hydrogen) atoms. The fourth-order valence-electron chi connectivity index (χ4n) is 3.67. The molecule has 0 aliphatic carbocycles. The van der Waals surface area contributed by atoms with Crippen LogP contribution in [0.25, 0.3) is 0 Å². The molecule has 1 fully saturated rings. The molecule has 1 unspecified atom stereocenters. The van der Waals surface area contributed by atoms with Crippen LogP contribution >= 0.6 is 0 Å². The molecule has 1 heterocycles. The highest BCUT2D eigenvalue weighted by Gasteiger charge is 2.24. The summed E-state index contributed by atoms with van der Waals surface area (Å²) in [5, 5.41) is 16.5. The van der Waals surface area contributed by atoms with Crippen LogP contribution in [0.15, 0.2) is 48.5 Å². The molecule has 2 aromatic carbocycles. The monoisotopic (exact) mass is 410 g/mol. The molecular formula is C22H26N4O4. The summed E-state index contributed by atoms with van der Waals surface area (Å²) in [6, 6.07) is 14.4. The lowest BCUT2D eigenvalue weighted by atomic mass is 10.1. The number of nitro groups is 1. The highest BCUT2D eigenvalue weighted by Crippen LogP contribution is 2.24. The fourth-order valence-corrected chi connectivity index (χ4v) is 3.67. The van der Waals surface area contributed by atoms with Crippen LogP contribution in [0.2, 0.25) is 0 Å². The number of rotatable bonds is 8. The maximum atomic E-state index is 12.3. The highest BCUT2D eigenvalue weighted by molar-refractivity contribution is 5.97. The summed E-state index contributed by atoms with van der Waals surface area (Å²) in [5.41, 5.74) is 1.65. The first-order chi connectivity index (χ1) is 14.5. The van der Waals surface area contributed by atoms with Gasteiger partial charge in [-0.3, -0.25) is 24.6 Å². The number of likely N-dealkylation sites (tertiary alicyclic amines) is 1. The molecule has 3 rings (SSSR count). The van der Waals surface area contributed by atoms with Crippen LogP contribution in [0.1, 0.15) is 40.4 Å². The first kappa shape index (κ1) is 21.4. The molecule has 0 radical (unpaired) electrons. The van der Waals surface area contributed by atoms with Crippen LogP contribution in [0, 0.1) is 17.0 Å². The number of carbonyl (C=O) groups is 2. The van der Waals surface area contributed by atoms with Crippen molar-refractivity contribution in [3.63, 3.8) is 0 Å². The molecule has 0 spiro atoms. The Balaban J connectivity index is 1.55. The third-order valence-corrected chi connectivity index (χ3v) is 5.34. The molecule has 0 bridgehead atoms. The van der Waals surface area contributed by atoms with E-state index >= 15 is 0 Å². The molecule has 8 heteroatoms. The first-order valence-corrected chi connectivity index (χ1v) is 10.0. The maximum absolute atomic E-state index is 12.3. The molecule has 2 amide bonds. The van der Waals surface area contributed by atoms with Crippen LogP contribution in [-0.2, 0) is 4.79 Å². The summed E-state index contributed by atoms with van der Waals surface area (Å²) in [6.07, 6.45) is 2.30. The van der Waals surface area contributed by atoms with Gasteiger partial charge in [0.15, 0.2) is 0 Å². The standard InChI is InChI=1S/C22H26N4O4/c1-16-9-10-18(13-19(16)26(29)30)22(28)24-15-21(27)23-14-20(25-11-5-6-12-25)17-7-3-2-4-8-17/h2-4,7-10,13,20H,5-6,11-12,14-15H2,1H3,(H,23,27)(H,24,28). The Hall–Kier alpha value is -3.26. The number of aryl methyl sites for hydroxylation is 1. The van der Waals surface area contributed by atoms with E-state index in [-0.39, 0.29) is 29.7 Å². The molecule has 0 saturated carbocycles. The average molecular weight is 410 g/mol. The summed E-state index contributed by atoms with van der Waals surface area (Å²) in [6.45, 7) is 3.87. The molecule has 0 aromatic heterocycles. The Morgan fingerprint density at radius 3 is 2.47 bits per heavy atom. The molecule has 1 aliphatic heterocycles.